The van der Waals surface area contributed by atoms with Gasteiger partial charge in [0.15, 0.2) is 0 Å². The normalized spacial score (nSPS) is 26.8. The molecule has 6 heterocycles. The minimum absolute atomic E-state index is 0.0169. The van der Waals surface area contributed by atoms with Gasteiger partial charge in [-0.05, 0) is 44.0 Å². The molecule has 2 aromatic heterocycles. The first-order chi connectivity index (χ1) is 13.7. The van der Waals surface area contributed by atoms with Crippen LogP contribution in [0.25, 0.3) is 21.0 Å². The number of amides is 1. The predicted octanol–water partition coefficient (Wildman–Crippen LogP) is 2.93. The van der Waals surface area contributed by atoms with Crippen molar-refractivity contribution in [2.75, 3.05) is 29.9 Å². The molecule has 0 unspecified atom stereocenters. The summed E-state index contributed by atoms with van der Waals surface area (Å²) in [5.41, 5.74) is 1.96. The zero-order valence-electron chi connectivity index (χ0n) is 15.8. The maximum Gasteiger partial charge on any atom is 0.263 e. The highest BCUT2D eigenvalue weighted by atomic mass is 32.1. The molecule has 0 saturated carbocycles. The van der Waals surface area contributed by atoms with Crippen molar-refractivity contribution in [3.8, 4) is 0 Å². The summed E-state index contributed by atoms with van der Waals surface area (Å²) in [4.78, 5) is 20.9. The van der Waals surface area contributed by atoms with Crippen molar-refractivity contribution in [3.63, 3.8) is 0 Å². The summed E-state index contributed by atoms with van der Waals surface area (Å²) in [6.07, 6.45) is 2.51. The van der Waals surface area contributed by atoms with Crippen LogP contribution in [0.1, 0.15) is 29.4 Å². The molecule has 144 valence electrons. The predicted molar refractivity (Wildman–Crippen MR) is 115 cm³/mol. The van der Waals surface area contributed by atoms with E-state index in [0.29, 0.717) is 12.1 Å². The summed E-state index contributed by atoms with van der Waals surface area (Å²) < 4.78 is 1.13. The van der Waals surface area contributed by atoms with Crippen LogP contribution in [0.2, 0.25) is 0 Å². The molecule has 3 saturated heterocycles. The average Bonchev–Trinajstić information content (AvgIpc) is 3.05. The number of pyridine rings is 1. The molecule has 4 aliphatic heterocycles. The molecule has 0 radical (unpaired) electrons. The Labute approximate surface area is 167 Å². The van der Waals surface area contributed by atoms with E-state index in [1.54, 1.807) is 11.3 Å². The van der Waals surface area contributed by atoms with Crippen LogP contribution in [0.5, 0.6) is 0 Å². The number of fused-ring (bicyclic) bond motifs is 8. The van der Waals surface area contributed by atoms with E-state index in [9.17, 15) is 4.79 Å². The molecule has 1 aromatic carbocycles. The Balaban J connectivity index is 1.48. The maximum absolute atomic E-state index is 12.6. The Bertz CT molecular complexity index is 1100. The number of rotatable bonds is 1. The van der Waals surface area contributed by atoms with Crippen LogP contribution in [0.4, 0.5) is 11.5 Å². The lowest BCUT2D eigenvalue weighted by molar-refractivity contribution is 0.0949. The number of nitrogens with zero attached hydrogens (tertiary/aromatic N) is 2. The van der Waals surface area contributed by atoms with Crippen molar-refractivity contribution in [3.05, 3.63) is 29.1 Å². The molecule has 2 bridgehead atoms. The van der Waals surface area contributed by atoms with Crippen LogP contribution in [-0.4, -0.2) is 48.7 Å². The van der Waals surface area contributed by atoms with E-state index in [1.165, 1.54) is 12.8 Å². The first kappa shape index (κ1) is 16.6. The van der Waals surface area contributed by atoms with E-state index >= 15 is 0 Å². The molecule has 7 heteroatoms. The van der Waals surface area contributed by atoms with Crippen molar-refractivity contribution < 1.29 is 4.79 Å². The molecule has 6 nitrogen and oxygen atoms in total. The lowest BCUT2D eigenvalue weighted by atomic mass is 9.93. The van der Waals surface area contributed by atoms with E-state index in [-0.39, 0.29) is 11.9 Å². The third-order valence-electron chi connectivity index (χ3n) is 6.32. The van der Waals surface area contributed by atoms with Crippen LogP contribution in [-0.2, 0) is 0 Å². The van der Waals surface area contributed by atoms with Gasteiger partial charge >= 0.3 is 0 Å². The van der Waals surface area contributed by atoms with Gasteiger partial charge in [-0.1, -0.05) is 0 Å². The molecular formula is C21H23N5OS. The van der Waals surface area contributed by atoms with Gasteiger partial charge in [-0.2, -0.15) is 0 Å². The highest BCUT2D eigenvalue weighted by molar-refractivity contribution is 7.21. The zero-order valence-corrected chi connectivity index (χ0v) is 16.6. The summed E-state index contributed by atoms with van der Waals surface area (Å²) in [5.74, 6) is 1.09. The highest BCUT2D eigenvalue weighted by Crippen LogP contribution is 2.41. The fourth-order valence-electron chi connectivity index (χ4n) is 4.86. The number of thiophene rings is 1. The van der Waals surface area contributed by atoms with Crippen LogP contribution < -0.4 is 20.9 Å². The van der Waals surface area contributed by atoms with Gasteiger partial charge < -0.3 is 20.9 Å². The Morgan fingerprint density at radius 3 is 2.89 bits per heavy atom. The Morgan fingerprint density at radius 2 is 2.11 bits per heavy atom. The molecule has 3 atom stereocenters. The van der Waals surface area contributed by atoms with E-state index in [0.717, 1.165) is 57.0 Å². The quantitative estimate of drug-likeness (QED) is 0.593. The van der Waals surface area contributed by atoms with Crippen LogP contribution in [0.15, 0.2) is 24.3 Å². The Kier molecular flexibility index (Phi) is 3.58. The molecule has 0 spiro atoms. The third-order valence-corrected chi connectivity index (χ3v) is 7.47. The van der Waals surface area contributed by atoms with E-state index in [1.807, 2.05) is 6.92 Å². The summed E-state index contributed by atoms with van der Waals surface area (Å²) >= 11 is 1.56. The smallest absolute Gasteiger partial charge is 0.263 e. The number of piperidine rings is 2. The van der Waals surface area contributed by atoms with Crippen molar-refractivity contribution in [2.24, 2.45) is 0 Å². The number of benzene rings is 1. The van der Waals surface area contributed by atoms with Crippen molar-refractivity contribution in [1.82, 2.24) is 15.6 Å². The monoisotopic (exact) mass is 393 g/mol. The molecule has 1 amide bonds. The zero-order chi connectivity index (χ0) is 18.8. The summed E-state index contributed by atoms with van der Waals surface area (Å²) in [5, 5.41) is 12.4. The van der Waals surface area contributed by atoms with Crippen LogP contribution in [0.3, 0.4) is 0 Å². The summed E-state index contributed by atoms with van der Waals surface area (Å²) in [6.45, 7) is 4.85. The number of carbonyl (C=O) groups excluding carboxylic acids is 1. The molecule has 7 rings (SSSR count). The molecule has 3 N–H and O–H groups in total. The van der Waals surface area contributed by atoms with Crippen molar-refractivity contribution in [2.45, 2.75) is 37.9 Å². The number of anilines is 2. The van der Waals surface area contributed by atoms with Gasteiger partial charge in [-0.3, -0.25) is 4.79 Å². The van der Waals surface area contributed by atoms with Crippen molar-refractivity contribution >= 4 is 49.7 Å². The van der Waals surface area contributed by atoms with Crippen LogP contribution >= 0.6 is 11.3 Å². The molecule has 28 heavy (non-hydrogen) atoms. The van der Waals surface area contributed by atoms with Gasteiger partial charge in [0.25, 0.3) is 5.91 Å². The lowest BCUT2D eigenvalue weighted by Gasteiger charge is -2.46. The summed E-state index contributed by atoms with van der Waals surface area (Å²) in [7, 11) is 0. The van der Waals surface area contributed by atoms with Gasteiger partial charge in [-0.25, -0.2) is 4.98 Å². The third kappa shape index (κ3) is 2.42. The van der Waals surface area contributed by atoms with Crippen LogP contribution in [0, 0.1) is 0 Å². The number of carbonyl (C=O) groups is 1. The molecular weight excluding hydrogens is 370 g/mol. The van der Waals surface area contributed by atoms with Gasteiger partial charge in [0.1, 0.15) is 10.7 Å². The average molecular weight is 394 g/mol. The molecule has 3 fully saturated rings. The molecule has 0 aliphatic carbocycles. The van der Waals surface area contributed by atoms with E-state index in [2.05, 4.69) is 45.1 Å². The van der Waals surface area contributed by atoms with Gasteiger partial charge in [0.2, 0.25) is 0 Å². The van der Waals surface area contributed by atoms with E-state index in [4.69, 9.17) is 4.98 Å². The highest BCUT2D eigenvalue weighted by Gasteiger charge is 2.34. The number of hydrogen-bond acceptors (Lipinski definition) is 6. The first-order valence-electron chi connectivity index (χ1n) is 10.1. The van der Waals surface area contributed by atoms with E-state index < -0.39 is 0 Å². The SMILES string of the molecule is C[C@@H]1CNc2c(sc3ccc4nc(N5C[C@H]6CC[C@@H]5CN6)ccc4c23)C(=O)N1. The minimum atomic E-state index is 0.0169. The Hall–Kier alpha value is -2.38. The largest absolute Gasteiger partial charge is 0.381 e. The number of nitrogens with one attached hydrogen (secondary N) is 3. The Morgan fingerprint density at radius 1 is 1.18 bits per heavy atom. The number of hydrogen-bond donors (Lipinski definition) is 3. The van der Waals surface area contributed by atoms with Gasteiger partial charge in [-0.15, -0.1) is 11.3 Å². The maximum atomic E-state index is 12.6. The minimum Gasteiger partial charge on any atom is -0.381 e. The molecule has 4 aliphatic rings. The van der Waals surface area contributed by atoms with Crippen molar-refractivity contribution in [1.29, 1.82) is 0 Å². The number of piperazine rings is 1. The summed E-state index contributed by atoms with van der Waals surface area (Å²) in [6, 6.07) is 9.80. The second-order valence-electron chi connectivity index (χ2n) is 8.23. The lowest BCUT2D eigenvalue weighted by Crippen LogP contribution is -2.61. The second kappa shape index (κ2) is 6.06. The fourth-order valence-corrected chi connectivity index (χ4v) is 5.96. The standard InChI is InChI=1S/C21H23N5OS/c1-11-8-23-19-18-14-4-7-17(26-10-12-2-3-13(26)9-22-12)25-15(14)5-6-16(18)28-20(19)21(27)24-11/h4-7,11-13,22-23H,2-3,8-10H2,1H3,(H,24,27)/t11-,12-,13-/m1/s1. The van der Waals surface area contributed by atoms with Gasteiger partial charge in [0, 0.05) is 53.2 Å². The fraction of sp³-hybridized carbons (Fsp3) is 0.429. The van der Waals surface area contributed by atoms with Gasteiger partial charge in [0.05, 0.1) is 11.2 Å². The first-order valence-corrected chi connectivity index (χ1v) is 10.9. The molecule has 3 aromatic rings. The number of aromatic nitrogens is 1. The topological polar surface area (TPSA) is 69.3 Å². The second-order valence-corrected chi connectivity index (χ2v) is 9.28.